The highest BCUT2D eigenvalue weighted by molar-refractivity contribution is 6.05. The van der Waals surface area contributed by atoms with Gasteiger partial charge in [-0.25, -0.2) is 9.97 Å². The molecule has 194 valence electrons. The predicted molar refractivity (Wildman–Crippen MR) is 141 cm³/mol. The Balaban J connectivity index is 1.06. The van der Waals surface area contributed by atoms with Crippen LogP contribution in [0.4, 0.5) is 11.5 Å². The zero-order valence-electron chi connectivity index (χ0n) is 21.1. The Morgan fingerprint density at radius 3 is 2.66 bits per heavy atom. The lowest BCUT2D eigenvalue weighted by atomic mass is 9.87. The summed E-state index contributed by atoms with van der Waals surface area (Å²) in [4.78, 5) is 49.1. The third-order valence-corrected chi connectivity index (χ3v) is 7.79. The summed E-state index contributed by atoms with van der Waals surface area (Å²) in [6, 6.07) is 15.8. The molecule has 1 atom stereocenters. The number of carbonyl (C=O) groups excluding carboxylic acids is 3. The van der Waals surface area contributed by atoms with Gasteiger partial charge >= 0.3 is 0 Å². The van der Waals surface area contributed by atoms with Crippen LogP contribution in [-0.2, 0) is 22.7 Å². The molecule has 3 aliphatic rings. The van der Waals surface area contributed by atoms with E-state index in [1.807, 2.05) is 18.2 Å². The molecular formula is C29H30N6O3. The summed E-state index contributed by atoms with van der Waals surface area (Å²) < 4.78 is 0. The number of imide groups is 1. The maximum atomic E-state index is 13.0. The van der Waals surface area contributed by atoms with Crippen LogP contribution in [0.2, 0.25) is 0 Å². The molecule has 3 aliphatic heterocycles. The number of carbonyl (C=O) groups is 3. The second-order valence-corrected chi connectivity index (χ2v) is 10.3. The molecule has 0 spiro atoms. The van der Waals surface area contributed by atoms with Gasteiger partial charge in [0.2, 0.25) is 11.8 Å². The predicted octanol–water partition coefficient (Wildman–Crippen LogP) is 3.36. The number of nitrogens with one attached hydrogen (secondary N) is 2. The highest BCUT2D eigenvalue weighted by Gasteiger charge is 2.39. The number of hydrogen-bond donors (Lipinski definition) is 2. The fourth-order valence-electron chi connectivity index (χ4n) is 5.79. The van der Waals surface area contributed by atoms with E-state index in [0.29, 0.717) is 24.4 Å². The number of hydrogen-bond acceptors (Lipinski definition) is 7. The van der Waals surface area contributed by atoms with Crippen molar-refractivity contribution < 1.29 is 14.4 Å². The summed E-state index contributed by atoms with van der Waals surface area (Å²) in [5.74, 6) is 0.463. The molecule has 0 bridgehead atoms. The number of anilines is 2. The third-order valence-electron chi connectivity index (χ3n) is 7.79. The van der Waals surface area contributed by atoms with Crippen LogP contribution < -0.4 is 10.6 Å². The van der Waals surface area contributed by atoms with Crippen LogP contribution in [0.25, 0.3) is 0 Å². The Kier molecular flexibility index (Phi) is 6.59. The number of amides is 3. The van der Waals surface area contributed by atoms with Crippen LogP contribution in [0.3, 0.4) is 0 Å². The van der Waals surface area contributed by atoms with Crippen molar-refractivity contribution in [2.75, 3.05) is 18.4 Å². The van der Waals surface area contributed by atoms with Crippen molar-refractivity contribution in [1.29, 1.82) is 0 Å². The van der Waals surface area contributed by atoms with Crippen LogP contribution in [0.1, 0.15) is 58.6 Å². The fraction of sp³-hybridized carbons (Fsp3) is 0.345. The molecule has 0 saturated carbocycles. The molecule has 3 amide bonds. The Labute approximate surface area is 221 Å². The van der Waals surface area contributed by atoms with E-state index in [9.17, 15) is 14.4 Å². The molecule has 1 aromatic heterocycles. The highest BCUT2D eigenvalue weighted by atomic mass is 16.2. The maximum Gasteiger partial charge on any atom is 0.255 e. The largest absolute Gasteiger partial charge is 0.340 e. The minimum absolute atomic E-state index is 0.118. The molecule has 9 heteroatoms. The second kappa shape index (κ2) is 10.3. The summed E-state index contributed by atoms with van der Waals surface area (Å²) in [6.45, 7) is 3.33. The first kappa shape index (κ1) is 24.2. The molecule has 2 N–H and O–H groups in total. The van der Waals surface area contributed by atoms with Crippen molar-refractivity contribution in [2.24, 2.45) is 0 Å². The van der Waals surface area contributed by atoms with E-state index in [4.69, 9.17) is 0 Å². The van der Waals surface area contributed by atoms with Gasteiger partial charge < -0.3 is 10.2 Å². The van der Waals surface area contributed by atoms with Gasteiger partial charge in [0.05, 0.1) is 0 Å². The average molecular weight is 511 g/mol. The Morgan fingerprint density at radius 1 is 1.00 bits per heavy atom. The van der Waals surface area contributed by atoms with Gasteiger partial charge in [0.15, 0.2) is 0 Å². The lowest BCUT2D eigenvalue weighted by Gasteiger charge is -2.32. The number of fused-ring (bicyclic) bond motifs is 1. The molecule has 2 aromatic carbocycles. The van der Waals surface area contributed by atoms with Gasteiger partial charge in [-0.15, -0.1) is 0 Å². The summed E-state index contributed by atoms with van der Waals surface area (Å²) in [5, 5.41) is 5.69. The van der Waals surface area contributed by atoms with Gasteiger partial charge in [-0.05, 0) is 79.2 Å². The SMILES string of the molecule is O=C1CCC(N2Cc3cc(C4CCN(Cc5cccc(Nc6ccncn6)c5)CC4)ccc3C2=O)C(=O)N1. The van der Waals surface area contributed by atoms with E-state index in [-0.39, 0.29) is 24.1 Å². The molecule has 2 fully saturated rings. The molecule has 4 heterocycles. The van der Waals surface area contributed by atoms with E-state index in [1.165, 1.54) is 17.5 Å². The first-order valence-corrected chi connectivity index (χ1v) is 13.2. The molecule has 9 nitrogen and oxygen atoms in total. The Hall–Kier alpha value is -4.11. The number of nitrogens with zero attached hydrogens (tertiary/aromatic N) is 4. The van der Waals surface area contributed by atoms with E-state index in [1.54, 1.807) is 11.1 Å². The topological polar surface area (TPSA) is 108 Å². The highest BCUT2D eigenvalue weighted by Crippen LogP contribution is 2.34. The number of rotatable bonds is 6. The molecular weight excluding hydrogens is 480 g/mol. The maximum absolute atomic E-state index is 13.0. The van der Waals surface area contributed by atoms with Crippen molar-refractivity contribution >= 4 is 29.2 Å². The zero-order valence-corrected chi connectivity index (χ0v) is 21.1. The van der Waals surface area contributed by atoms with E-state index < -0.39 is 6.04 Å². The lowest BCUT2D eigenvalue weighted by Crippen LogP contribution is -2.52. The molecule has 0 aliphatic carbocycles. The molecule has 0 radical (unpaired) electrons. The van der Waals surface area contributed by atoms with Gasteiger partial charge in [-0.1, -0.05) is 24.3 Å². The van der Waals surface area contributed by atoms with Gasteiger partial charge in [0.1, 0.15) is 18.2 Å². The van der Waals surface area contributed by atoms with Crippen molar-refractivity contribution in [2.45, 2.75) is 50.7 Å². The second-order valence-electron chi connectivity index (χ2n) is 10.3. The minimum atomic E-state index is -0.575. The van der Waals surface area contributed by atoms with Crippen LogP contribution in [-0.4, -0.2) is 56.6 Å². The van der Waals surface area contributed by atoms with Crippen LogP contribution in [0.5, 0.6) is 0 Å². The van der Waals surface area contributed by atoms with Crippen LogP contribution in [0, 0.1) is 0 Å². The summed E-state index contributed by atoms with van der Waals surface area (Å²) >= 11 is 0. The molecule has 3 aromatic rings. The Bertz CT molecular complexity index is 1370. The minimum Gasteiger partial charge on any atom is -0.340 e. The van der Waals surface area contributed by atoms with Gasteiger partial charge in [0.25, 0.3) is 5.91 Å². The quantitative estimate of drug-likeness (QED) is 0.490. The smallest absolute Gasteiger partial charge is 0.255 e. The molecule has 1 unspecified atom stereocenters. The first-order chi connectivity index (χ1) is 18.5. The number of likely N-dealkylation sites (tertiary alicyclic amines) is 1. The normalized spacial score (nSPS) is 20.4. The molecule has 38 heavy (non-hydrogen) atoms. The van der Waals surface area contributed by atoms with Crippen LogP contribution in [0.15, 0.2) is 61.1 Å². The molecule has 6 rings (SSSR count). The Morgan fingerprint density at radius 2 is 1.87 bits per heavy atom. The fourth-order valence-corrected chi connectivity index (χ4v) is 5.79. The summed E-state index contributed by atoms with van der Waals surface area (Å²) in [7, 11) is 0. The van der Waals surface area contributed by atoms with E-state index in [2.05, 4.69) is 55.8 Å². The van der Waals surface area contributed by atoms with Crippen LogP contribution >= 0.6 is 0 Å². The summed E-state index contributed by atoms with van der Waals surface area (Å²) in [6.07, 6.45) is 6.02. The monoisotopic (exact) mass is 510 g/mol. The van der Waals surface area contributed by atoms with Crippen molar-refractivity contribution in [3.05, 3.63) is 83.3 Å². The molecule has 2 saturated heterocycles. The number of piperidine rings is 2. The van der Waals surface area contributed by atoms with Crippen molar-refractivity contribution in [1.82, 2.24) is 25.1 Å². The number of benzene rings is 2. The van der Waals surface area contributed by atoms with Crippen molar-refractivity contribution in [3.63, 3.8) is 0 Å². The third kappa shape index (κ3) is 5.02. The first-order valence-electron chi connectivity index (χ1n) is 13.2. The summed E-state index contributed by atoms with van der Waals surface area (Å²) in [5.41, 5.74) is 5.18. The van der Waals surface area contributed by atoms with E-state index in [0.717, 1.165) is 49.5 Å². The number of aromatic nitrogens is 2. The average Bonchev–Trinajstić information content (AvgIpc) is 3.25. The van der Waals surface area contributed by atoms with Gasteiger partial charge in [-0.2, -0.15) is 0 Å². The standard InChI is InChI=1S/C29H30N6O3/c36-27-7-6-25(28(37)33-27)35-17-22-15-21(4-5-24(22)29(35)38)20-9-12-34(13-10-20)16-19-2-1-3-23(14-19)32-26-8-11-30-18-31-26/h1-5,8,11,14-15,18,20,25H,6-7,9-10,12-13,16-17H2,(H,30,31,32)(H,33,36,37). The zero-order chi connectivity index (χ0) is 26.1. The van der Waals surface area contributed by atoms with E-state index >= 15 is 0 Å². The lowest BCUT2D eigenvalue weighted by molar-refractivity contribution is -0.136. The van der Waals surface area contributed by atoms with Gasteiger partial charge in [-0.3, -0.25) is 24.6 Å². The van der Waals surface area contributed by atoms with Crippen molar-refractivity contribution in [3.8, 4) is 0 Å². The van der Waals surface area contributed by atoms with Gasteiger partial charge in [0, 0.05) is 37.0 Å².